The van der Waals surface area contributed by atoms with Gasteiger partial charge >= 0.3 is 0 Å². The fourth-order valence-corrected chi connectivity index (χ4v) is 1.63. The molecule has 0 saturated heterocycles. The summed E-state index contributed by atoms with van der Waals surface area (Å²) in [5, 5.41) is 0. The summed E-state index contributed by atoms with van der Waals surface area (Å²) in [5.41, 5.74) is 2.34. The molecule has 0 spiro atoms. The summed E-state index contributed by atoms with van der Waals surface area (Å²) in [7, 11) is 0. The van der Waals surface area contributed by atoms with Crippen molar-refractivity contribution in [2.75, 3.05) is 0 Å². The Morgan fingerprint density at radius 2 is 2.14 bits per heavy atom. The number of hydrogen-bond donors (Lipinski definition) is 0. The highest BCUT2D eigenvalue weighted by Crippen LogP contribution is 2.32. The Morgan fingerprint density at radius 1 is 1.36 bits per heavy atom. The van der Waals surface area contributed by atoms with E-state index in [1.165, 1.54) is 11.1 Å². The van der Waals surface area contributed by atoms with Gasteiger partial charge in [0, 0.05) is 5.56 Å². The molecule has 0 N–H and O–H groups in total. The molecule has 1 heterocycles. The average Bonchev–Trinajstić information content (AvgIpc) is 2.19. The summed E-state index contributed by atoms with van der Waals surface area (Å²) in [6.07, 6.45) is 5.31. The van der Waals surface area contributed by atoms with E-state index < -0.39 is 0 Å². The zero-order chi connectivity index (χ0) is 10.2. The van der Waals surface area contributed by atoms with Gasteiger partial charge in [0.05, 0.1) is 0 Å². The first kappa shape index (κ1) is 9.32. The second kappa shape index (κ2) is 3.16. The fourth-order valence-electron chi connectivity index (χ4n) is 1.63. The Kier molecular flexibility index (Phi) is 2.10. The molecule has 0 bridgehead atoms. The van der Waals surface area contributed by atoms with Gasteiger partial charge in [-0.2, -0.15) is 0 Å². The highest BCUT2D eigenvalue weighted by atomic mass is 16.5. The zero-order valence-electron chi connectivity index (χ0n) is 9.00. The molecule has 1 aliphatic heterocycles. The van der Waals surface area contributed by atoms with E-state index in [4.69, 9.17) is 4.74 Å². The second-order valence-corrected chi connectivity index (χ2v) is 4.14. The third-order valence-corrected chi connectivity index (χ3v) is 2.83. The molecule has 0 aromatic heterocycles. The summed E-state index contributed by atoms with van der Waals surface area (Å²) in [4.78, 5) is 0. The van der Waals surface area contributed by atoms with E-state index >= 15 is 0 Å². The first-order chi connectivity index (χ1) is 6.63. The Morgan fingerprint density at radius 3 is 2.86 bits per heavy atom. The molecule has 0 amide bonds. The lowest BCUT2D eigenvalue weighted by atomic mass is 9.97. The molecule has 0 fully saturated rings. The molecule has 1 nitrogen and oxygen atoms in total. The number of hydrogen-bond acceptors (Lipinski definition) is 1. The van der Waals surface area contributed by atoms with Crippen LogP contribution in [0, 0.1) is 6.92 Å². The molecule has 1 aromatic rings. The normalized spacial score (nSPS) is 24.2. The van der Waals surface area contributed by atoms with Crippen molar-refractivity contribution in [1.29, 1.82) is 0 Å². The lowest BCUT2D eigenvalue weighted by Crippen LogP contribution is -2.30. The largest absolute Gasteiger partial charge is 0.483 e. The average molecular weight is 188 g/mol. The third kappa shape index (κ3) is 1.54. The minimum atomic E-state index is -0.123. The summed E-state index contributed by atoms with van der Waals surface area (Å²) in [6, 6.07) is 6.30. The van der Waals surface area contributed by atoms with Crippen molar-refractivity contribution in [3.63, 3.8) is 0 Å². The third-order valence-electron chi connectivity index (χ3n) is 2.83. The van der Waals surface area contributed by atoms with E-state index in [0.717, 1.165) is 12.2 Å². The standard InChI is InChI=1S/C13H16O/c1-4-13(3)8-7-11-9-10(2)5-6-12(11)14-13/h5-9H,4H2,1-3H3. The maximum Gasteiger partial charge on any atom is 0.127 e. The molecule has 74 valence electrons. The zero-order valence-corrected chi connectivity index (χ0v) is 9.00. The van der Waals surface area contributed by atoms with Crippen molar-refractivity contribution < 1.29 is 4.74 Å². The van der Waals surface area contributed by atoms with Gasteiger partial charge in [-0.3, -0.25) is 0 Å². The van der Waals surface area contributed by atoms with Crippen LogP contribution in [0.25, 0.3) is 6.08 Å². The predicted octanol–water partition coefficient (Wildman–Crippen LogP) is 3.57. The van der Waals surface area contributed by atoms with Crippen molar-refractivity contribution >= 4 is 6.08 Å². The van der Waals surface area contributed by atoms with Gasteiger partial charge in [-0.25, -0.2) is 0 Å². The molecule has 1 aromatic carbocycles. The van der Waals surface area contributed by atoms with E-state index in [2.05, 4.69) is 51.1 Å². The Labute approximate surface area is 85.4 Å². The van der Waals surface area contributed by atoms with Gasteiger partial charge in [0.2, 0.25) is 0 Å². The van der Waals surface area contributed by atoms with Gasteiger partial charge in [0.15, 0.2) is 0 Å². The van der Waals surface area contributed by atoms with E-state index in [1.807, 2.05) is 0 Å². The molecule has 0 saturated carbocycles. The van der Waals surface area contributed by atoms with Gasteiger partial charge < -0.3 is 4.74 Å². The molecular weight excluding hydrogens is 172 g/mol. The number of aryl methyl sites for hydroxylation is 1. The quantitative estimate of drug-likeness (QED) is 0.654. The number of ether oxygens (including phenoxy) is 1. The molecule has 1 aliphatic rings. The summed E-state index contributed by atoms with van der Waals surface area (Å²) < 4.78 is 5.94. The molecule has 1 unspecified atom stereocenters. The number of fused-ring (bicyclic) bond motifs is 1. The number of rotatable bonds is 1. The maximum absolute atomic E-state index is 5.94. The summed E-state index contributed by atoms with van der Waals surface area (Å²) in [6.45, 7) is 6.36. The minimum Gasteiger partial charge on any atom is -0.483 e. The maximum atomic E-state index is 5.94. The smallest absolute Gasteiger partial charge is 0.127 e. The van der Waals surface area contributed by atoms with E-state index in [9.17, 15) is 0 Å². The molecular formula is C13H16O. The number of benzene rings is 1. The summed E-state index contributed by atoms with van der Waals surface area (Å²) in [5.74, 6) is 1.00. The minimum absolute atomic E-state index is 0.123. The van der Waals surface area contributed by atoms with Crippen molar-refractivity contribution in [3.05, 3.63) is 35.4 Å². The molecule has 0 aliphatic carbocycles. The van der Waals surface area contributed by atoms with Gasteiger partial charge in [-0.05, 0) is 38.5 Å². The van der Waals surface area contributed by atoms with Crippen molar-refractivity contribution in [1.82, 2.24) is 0 Å². The van der Waals surface area contributed by atoms with Crippen LogP contribution in [-0.4, -0.2) is 5.60 Å². The SMILES string of the molecule is CCC1(C)C=Cc2cc(C)ccc2O1. The van der Waals surface area contributed by atoms with Crippen LogP contribution in [0.2, 0.25) is 0 Å². The molecule has 14 heavy (non-hydrogen) atoms. The van der Waals surface area contributed by atoms with Crippen LogP contribution in [-0.2, 0) is 0 Å². The van der Waals surface area contributed by atoms with Crippen LogP contribution in [0.1, 0.15) is 31.4 Å². The van der Waals surface area contributed by atoms with Crippen LogP contribution < -0.4 is 4.74 Å². The highest BCUT2D eigenvalue weighted by Gasteiger charge is 2.24. The fraction of sp³-hybridized carbons (Fsp3) is 0.385. The van der Waals surface area contributed by atoms with Crippen molar-refractivity contribution in [2.45, 2.75) is 32.8 Å². The van der Waals surface area contributed by atoms with Gasteiger partial charge in [-0.15, -0.1) is 0 Å². The second-order valence-electron chi connectivity index (χ2n) is 4.14. The van der Waals surface area contributed by atoms with Crippen LogP contribution in [0.5, 0.6) is 5.75 Å². The van der Waals surface area contributed by atoms with Crippen LogP contribution in [0.4, 0.5) is 0 Å². The first-order valence-electron chi connectivity index (χ1n) is 5.12. The van der Waals surface area contributed by atoms with Crippen LogP contribution in [0.3, 0.4) is 0 Å². The van der Waals surface area contributed by atoms with Crippen molar-refractivity contribution in [2.24, 2.45) is 0 Å². The molecule has 2 rings (SSSR count). The lowest BCUT2D eigenvalue weighted by molar-refractivity contribution is 0.133. The first-order valence-corrected chi connectivity index (χ1v) is 5.12. The Hall–Kier alpha value is -1.24. The summed E-state index contributed by atoms with van der Waals surface area (Å²) >= 11 is 0. The van der Waals surface area contributed by atoms with Gasteiger partial charge in [0.25, 0.3) is 0 Å². The van der Waals surface area contributed by atoms with E-state index in [0.29, 0.717) is 0 Å². The topological polar surface area (TPSA) is 9.23 Å². The van der Waals surface area contributed by atoms with Crippen molar-refractivity contribution in [3.8, 4) is 5.75 Å². The van der Waals surface area contributed by atoms with Crippen LogP contribution in [0.15, 0.2) is 24.3 Å². The predicted molar refractivity (Wildman–Crippen MR) is 59.5 cm³/mol. The van der Waals surface area contributed by atoms with Gasteiger partial charge in [0.1, 0.15) is 11.4 Å². The van der Waals surface area contributed by atoms with Crippen LogP contribution >= 0.6 is 0 Å². The van der Waals surface area contributed by atoms with E-state index in [1.54, 1.807) is 0 Å². The Balaban J connectivity index is 2.41. The molecule has 1 atom stereocenters. The molecule has 1 heteroatoms. The Bertz CT molecular complexity index is 379. The highest BCUT2D eigenvalue weighted by molar-refractivity contribution is 5.61. The monoisotopic (exact) mass is 188 g/mol. The van der Waals surface area contributed by atoms with Gasteiger partial charge in [-0.1, -0.05) is 24.6 Å². The lowest BCUT2D eigenvalue weighted by Gasteiger charge is -2.30. The van der Waals surface area contributed by atoms with E-state index in [-0.39, 0.29) is 5.60 Å². The molecule has 0 radical (unpaired) electrons.